The summed E-state index contributed by atoms with van der Waals surface area (Å²) in [5, 5.41) is 12.0. The molecule has 0 bridgehead atoms. The maximum Gasteiger partial charge on any atom is 0.295 e. The predicted molar refractivity (Wildman–Crippen MR) is 145 cm³/mol. The molecule has 2 aromatic carbocycles. The smallest absolute Gasteiger partial charge is 0.295 e. The molecular weight excluding hydrogens is 506 g/mol. The van der Waals surface area contributed by atoms with Gasteiger partial charge in [0.15, 0.2) is 0 Å². The van der Waals surface area contributed by atoms with Gasteiger partial charge in [-0.25, -0.2) is 4.68 Å². The van der Waals surface area contributed by atoms with Crippen LogP contribution in [0.4, 0.5) is 5.69 Å². The van der Waals surface area contributed by atoms with E-state index < -0.39 is 0 Å². The standard InChI is InChI=1S/C28H30ClN5O4/c1-4-37-23-14-13-20(29)16-22(23)27-32-31-26(38-27)19-10-8-9-18(15-19)25(35)30-24-17(2)33(3)34(28(24)36)21-11-6-5-7-12-21/h5-7,11-14,16,18-19H,4,8-10,15H2,1-3H3,(H,30,35)/t18-,19+/m1/s1. The van der Waals surface area contributed by atoms with Gasteiger partial charge < -0.3 is 14.5 Å². The van der Waals surface area contributed by atoms with Crippen molar-refractivity contribution in [2.24, 2.45) is 13.0 Å². The summed E-state index contributed by atoms with van der Waals surface area (Å²) in [6, 6.07) is 14.6. The van der Waals surface area contributed by atoms with Crippen LogP contribution in [-0.4, -0.2) is 32.1 Å². The van der Waals surface area contributed by atoms with Crippen LogP contribution in [-0.2, 0) is 11.8 Å². The van der Waals surface area contributed by atoms with Gasteiger partial charge in [-0.15, -0.1) is 10.2 Å². The molecular formula is C28H30ClN5O4. The van der Waals surface area contributed by atoms with Crippen molar-refractivity contribution in [2.75, 3.05) is 11.9 Å². The van der Waals surface area contributed by atoms with Crippen molar-refractivity contribution in [1.29, 1.82) is 0 Å². The lowest BCUT2D eigenvalue weighted by Gasteiger charge is -2.26. The zero-order valence-electron chi connectivity index (χ0n) is 21.6. The Labute approximate surface area is 225 Å². The van der Waals surface area contributed by atoms with Gasteiger partial charge in [-0.2, -0.15) is 0 Å². The van der Waals surface area contributed by atoms with E-state index in [1.54, 1.807) is 34.6 Å². The normalized spacial score (nSPS) is 17.4. The van der Waals surface area contributed by atoms with Crippen LogP contribution < -0.4 is 15.6 Å². The number of halogens is 1. The minimum absolute atomic E-state index is 0.0617. The molecule has 4 aromatic rings. The first-order valence-corrected chi connectivity index (χ1v) is 13.2. The number of nitrogens with zero attached hydrogens (tertiary/aromatic N) is 4. The van der Waals surface area contributed by atoms with Crippen molar-refractivity contribution in [2.45, 2.75) is 45.4 Å². The third kappa shape index (κ3) is 4.98. The Hall–Kier alpha value is -3.85. The minimum atomic E-state index is -0.279. The van der Waals surface area contributed by atoms with Crippen LogP contribution in [0.15, 0.2) is 57.7 Å². The van der Waals surface area contributed by atoms with E-state index in [1.165, 1.54) is 0 Å². The van der Waals surface area contributed by atoms with Gasteiger partial charge in [0, 0.05) is 23.9 Å². The van der Waals surface area contributed by atoms with Crippen LogP contribution in [0.25, 0.3) is 17.1 Å². The lowest BCUT2D eigenvalue weighted by Crippen LogP contribution is -2.30. The fraction of sp³-hybridized carbons (Fsp3) is 0.357. The number of anilines is 1. The summed E-state index contributed by atoms with van der Waals surface area (Å²) in [5.74, 6) is 0.925. The average Bonchev–Trinajstić information content (AvgIpc) is 3.50. The molecule has 0 saturated heterocycles. The molecule has 0 radical (unpaired) electrons. The van der Waals surface area contributed by atoms with Crippen LogP contribution >= 0.6 is 11.6 Å². The first kappa shape index (κ1) is 25.8. The molecule has 1 N–H and O–H groups in total. The number of ether oxygens (including phenoxy) is 1. The van der Waals surface area contributed by atoms with Gasteiger partial charge in [-0.3, -0.25) is 14.3 Å². The van der Waals surface area contributed by atoms with E-state index in [4.69, 9.17) is 20.8 Å². The second-order valence-electron chi connectivity index (χ2n) is 9.51. The van der Waals surface area contributed by atoms with Gasteiger partial charge in [0.2, 0.25) is 11.8 Å². The van der Waals surface area contributed by atoms with Crippen molar-refractivity contribution in [3.63, 3.8) is 0 Å². The van der Waals surface area contributed by atoms with Gasteiger partial charge in [0.25, 0.3) is 11.4 Å². The lowest BCUT2D eigenvalue weighted by atomic mass is 9.81. The van der Waals surface area contributed by atoms with Crippen LogP contribution in [0.5, 0.6) is 5.75 Å². The summed E-state index contributed by atoms with van der Waals surface area (Å²) in [7, 11) is 1.81. The summed E-state index contributed by atoms with van der Waals surface area (Å²) in [5.41, 5.74) is 2.10. The zero-order chi connectivity index (χ0) is 26.8. The number of carbonyl (C=O) groups is 1. The van der Waals surface area contributed by atoms with Gasteiger partial charge >= 0.3 is 0 Å². The fourth-order valence-electron chi connectivity index (χ4n) is 5.05. The molecule has 1 fully saturated rings. The molecule has 0 spiro atoms. The SMILES string of the molecule is CCOc1ccc(Cl)cc1-c1nnc([C@H]2CCC[C@@H](C(=O)Nc3c(C)n(C)n(-c4ccccc4)c3=O)C2)o1. The topological polar surface area (TPSA) is 104 Å². The van der Waals surface area contributed by atoms with E-state index in [-0.39, 0.29) is 23.3 Å². The Morgan fingerprint density at radius 1 is 1.18 bits per heavy atom. The van der Waals surface area contributed by atoms with Gasteiger partial charge in [-0.05, 0) is 63.4 Å². The molecule has 0 aliphatic heterocycles. The Balaban J connectivity index is 1.33. The monoisotopic (exact) mass is 535 g/mol. The Bertz CT molecular complexity index is 1510. The average molecular weight is 536 g/mol. The van der Waals surface area contributed by atoms with Crippen molar-refractivity contribution in [1.82, 2.24) is 19.6 Å². The number of para-hydroxylation sites is 1. The molecule has 2 aromatic heterocycles. The molecule has 1 amide bonds. The lowest BCUT2D eigenvalue weighted by molar-refractivity contribution is -0.121. The van der Waals surface area contributed by atoms with Crippen LogP contribution in [0, 0.1) is 12.8 Å². The Morgan fingerprint density at radius 2 is 1.97 bits per heavy atom. The maximum atomic E-state index is 13.3. The number of aromatic nitrogens is 4. The van der Waals surface area contributed by atoms with Gasteiger partial charge in [0.05, 0.1) is 23.6 Å². The highest BCUT2D eigenvalue weighted by atomic mass is 35.5. The number of rotatable bonds is 7. The molecule has 10 heteroatoms. The van der Waals surface area contributed by atoms with E-state index in [0.29, 0.717) is 52.5 Å². The largest absolute Gasteiger partial charge is 0.493 e. The second kappa shape index (κ2) is 10.9. The van der Waals surface area contributed by atoms with Crippen LogP contribution in [0.2, 0.25) is 5.02 Å². The van der Waals surface area contributed by atoms with E-state index in [0.717, 1.165) is 24.9 Å². The highest BCUT2D eigenvalue weighted by molar-refractivity contribution is 6.30. The first-order valence-electron chi connectivity index (χ1n) is 12.8. The first-order chi connectivity index (χ1) is 18.4. The summed E-state index contributed by atoms with van der Waals surface area (Å²) in [6.45, 7) is 4.22. The van der Waals surface area contributed by atoms with E-state index in [2.05, 4.69) is 15.5 Å². The maximum absolute atomic E-state index is 13.3. The molecule has 0 unspecified atom stereocenters. The number of benzene rings is 2. The Kier molecular flexibility index (Phi) is 7.37. The molecule has 1 aliphatic carbocycles. The van der Waals surface area contributed by atoms with E-state index >= 15 is 0 Å². The number of hydrogen-bond donors (Lipinski definition) is 1. The summed E-state index contributed by atoms with van der Waals surface area (Å²) in [4.78, 5) is 26.5. The van der Waals surface area contributed by atoms with Crippen molar-refractivity contribution >= 4 is 23.2 Å². The van der Waals surface area contributed by atoms with Crippen molar-refractivity contribution in [3.05, 3.63) is 75.5 Å². The number of carbonyl (C=O) groups excluding carboxylic acids is 1. The molecule has 9 nitrogen and oxygen atoms in total. The predicted octanol–water partition coefficient (Wildman–Crippen LogP) is 5.50. The quantitative estimate of drug-likeness (QED) is 0.335. The minimum Gasteiger partial charge on any atom is -0.493 e. The molecule has 2 heterocycles. The van der Waals surface area contributed by atoms with Gasteiger partial charge in [0.1, 0.15) is 11.4 Å². The molecule has 198 valence electrons. The summed E-state index contributed by atoms with van der Waals surface area (Å²) < 4.78 is 15.1. The molecule has 5 rings (SSSR count). The summed E-state index contributed by atoms with van der Waals surface area (Å²) >= 11 is 6.20. The Morgan fingerprint density at radius 3 is 2.74 bits per heavy atom. The zero-order valence-corrected chi connectivity index (χ0v) is 22.4. The third-order valence-corrected chi connectivity index (χ3v) is 7.34. The molecule has 2 atom stereocenters. The fourth-order valence-corrected chi connectivity index (χ4v) is 5.22. The molecule has 1 saturated carbocycles. The second-order valence-corrected chi connectivity index (χ2v) is 9.94. The van der Waals surface area contributed by atoms with Crippen LogP contribution in [0.1, 0.15) is 50.1 Å². The number of nitrogens with one attached hydrogen (secondary N) is 1. The number of hydrogen-bond acceptors (Lipinski definition) is 6. The highest BCUT2D eigenvalue weighted by Gasteiger charge is 2.32. The molecule has 1 aliphatic rings. The van der Waals surface area contributed by atoms with Crippen molar-refractivity contribution in [3.8, 4) is 22.9 Å². The van der Waals surface area contributed by atoms with E-state index in [9.17, 15) is 9.59 Å². The summed E-state index contributed by atoms with van der Waals surface area (Å²) in [6.07, 6.45) is 2.96. The van der Waals surface area contributed by atoms with Crippen molar-refractivity contribution < 1.29 is 13.9 Å². The molecule has 38 heavy (non-hydrogen) atoms. The van der Waals surface area contributed by atoms with Gasteiger partial charge in [-0.1, -0.05) is 36.2 Å². The number of amides is 1. The van der Waals surface area contributed by atoms with E-state index in [1.807, 2.05) is 44.2 Å². The highest BCUT2D eigenvalue weighted by Crippen LogP contribution is 2.38. The van der Waals surface area contributed by atoms with Crippen LogP contribution in [0.3, 0.4) is 0 Å². The third-order valence-electron chi connectivity index (χ3n) is 7.11.